The maximum Gasteiger partial charge on any atom is 0.318 e. The standard InChI is InChI=1S/C21H28FNO4/c1-21(2,20(25)26)19(24)23-10-9-14(12-23)13-27-18-8-7-16(22)11-17(18)15-5-3-4-6-15/h7-8,11,14-15H,3-6,9-10,12-13H2,1-2H3,(H,25,26). The van der Waals surface area contributed by atoms with E-state index in [9.17, 15) is 19.1 Å². The summed E-state index contributed by atoms with van der Waals surface area (Å²) in [6.07, 6.45) is 5.24. The summed E-state index contributed by atoms with van der Waals surface area (Å²) in [6, 6.07) is 4.72. The van der Waals surface area contributed by atoms with Gasteiger partial charge in [-0.1, -0.05) is 12.8 Å². The first-order chi connectivity index (χ1) is 12.8. The van der Waals surface area contributed by atoms with Gasteiger partial charge in [-0.15, -0.1) is 0 Å². The van der Waals surface area contributed by atoms with Crippen LogP contribution in [0.4, 0.5) is 4.39 Å². The second-order valence-electron chi connectivity index (χ2n) is 8.31. The van der Waals surface area contributed by atoms with Gasteiger partial charge in [-0.2, -0.15) is 0 Å². The second-order valence-corrected chi connectivity index (χ2v) is 8.31. The van der Waals surface area contributed by atoms with E-state index in [1.165, 1.54) is 32.8 Å². The van der Waals surface area contributed by atoms with Crippen molar-refractivity contribution >= 4 is 11.9 Å². The molecule has 1 N–H and O–H groups in total. The Kier molecular flexibility index (Phi) is 5.72. The summed E-state index contributed by atoms with van der Waals surface area (Å²) in [7, 11) is 0. The Bertz CT molecular complexity index is 712. The van der Waals surface area contributed by atoms with E-state index in [1.54, 1.807) is 17.0 Å². The number of carbonyl (C=O) groups is 2. The van der Waals surface area contributed by atoms with Gasteiger partial charge < -0.3 is 14.7 Å². The van der Waals surface area contributed by atoms with E-state index in [0.29, 0.717) is 25.6 Å². The molecule has 1 atom stereocenters. The van der Waals surface area contributed by atoms with Crippen molar-refractivity contribution in [2.45, 2.75) is 51.9 Å². The quantitative estimate of drug-likeness (QED) is 0.766. The number of carbonyl (C=O) groups excluding carboxylic acids is 1. The van der Waals surface area contributed by atoms with E-state index in [-0.39, 0.29) is 17.6 Å². The van der Waals surface area contributed by atoms with Gasteiger partial charge in [-0.05, 0) is 57.2 Å². The molecule has 1 saturated carbocycles. The minimum Gasteiger partial charge on any atom is -0.493 e. The Hall–Kier alpha value is -2.11. The van der Waals surface area contributed by atoms with Crippen LogP contribution in [0.2, 0.25) is 0 Å². The van der Waals surface area contributed by atoms with Crippen LogP contribution in [0.3, 0.4) is 0 Å². The van der Waals surface area contributed by atoms with Crippen LogP contribution in [-0.4, -0.2) is 41.6 Å². The molecule has 2 aliphatic rings. The highest BCUT2D eigenvalue weighted by atomic mass is 19.1. The van der Waals surface area contributed by atoms with Crippen LogP contribution in [0.5, 0.6) is 5.75 Å². The number of benzene rings is 1. The Morgan fingerprint density at radius 1 is 1.26 bits per heavy atom. The molecule has 1 aromatic rings. The maximum atomic E-state index is 13.7. The molecular weight excluding hydrogens is 349 g/mol. The van der Waals surface area contributed by atoms with E-state index in [0.717, 1.165) is 30.6 Å². The smallest absolute Gasteiger partial charge is 0.318 e. The van der Waals surface area contributed by atoms with Crippen LogP contribution in [0, 0.1) is 17.2 Å². The highest BCUT2D eigenvalue weighted by Gasteiger charge is 2.41. The normalized spacial score (nSPS) is 20.9. The number of aliphatic carboxylic acids is 1. The van der Waals surface area contributed by atoms with Gasteiger partial charge in [0.05, 0.1) is 6.61 Å². The van der Waals surface area contributed by atoms with Crippen LogP contribution in [0.25, 0.3) is 0 Å². The molecule has 2 fully saturated rings. The maximum absolute atomic E-state index is 13.7. The molecule has 1 aliphatic heterocycles. The summed E-state index contributed by atoms with van der Waals surface area (Å²) in [4.78, 5) is 25.4. The molecular formula is C21H28FNO4. The fourth-order valence-corrected chi connectivity index (χ4v) is 4.05. The fraction of sp³-hybridized carbons (Fsp3) is 0.619. The zero-order chi connectivity index (χ0) is 19.6. The number of hydrogen-bond donors (Lipinski definition) is 1. The van der Waals surface area contributed by atoms with E-state index >= 15 is 0 Å². The van der Waals surface area contributed by atoms with E-state index in [4.69, 9.17) is 4.74 Å². The highest BCUT2D eigenvalue weighted by Crippen LogP contribution is 2.39. The van der Waals surface area contributed by atoms with E-state index < -0.39 is 11.4 Å². The third-order valence-electron chi connectivity index (χ3n) is 5.88. The minimum atomic E-state index is -1.41. The first-order valence-corrected chi connectivity index (χ1v) is 9.74. The molecule has 1 saturated heterocycles. The molecule has 0 spiro atoms. The molecule has 0 aromatic heterocycles. The molecule has 6 heteroatoms. The van der Waals surface area contributed by atoms with Crippen molar-refractivity contribution in [2.24, 2.45) is 11.3 Å². The van der Waals surface area contributed by atoms with Crippen LogP contribution in [0.15, 0.2) is 18.2 Å². The van der Waals surface area contributed by atoms with Crippen molar-refractivity contribution in [1.29, 1.82) is 0 Å². The predicted octanol–water partition coefficient (Wildman–Crippen LogP) is 3.82. The number of likely N-dealkylation sites (tertiary alicyclic amines) is 1. The number of halogens is 1. The number of ether oxygens (including phenoxy) is 1. The van der Waals surface area contributed by atoms with Gasteiger partial charge in [-0.3, -0.25) is 9.59 Å². The van der Waals surface area contributed by atoms with Gasteiger partial charge >= 0.3 is 5.97 Å². The SMILES string of the molecule is CC(C)(C(=O)O)C(=O)N1CCC(COc2ccc(F)cc2C2CCCC2)C1. The minimum absolute atomic E-state index is 0.153. The van der Waals surface area contributed by atoms with Gasteiger partial charge in [0, 0.05) is 24.6 Å². The summed E-state index contributed by atoms with van der Waals surface area (Å²) in [6.45, 7) is 4.36. The summed E-state index contributed by atoms with van der Waals surface area (Å²) in [5, 5.41) is 9.24. The molecule has 5 nitrogen and oxygen atoms in total. The average Bonchev–Trinajstić information content (AvgIpc) is 3.31. The summed E-state index contributed by atoms with van der Waals surface area (Å²) in [5.74, 6) is -0.462. The Morgan fingerprint density at radius 3 is 2.63 bits per heavy atom. The van der Waals surface area contributed by atoms with E-state index in [1.807, 2.05) is 0 Å². The molecule has 1 heterocycles. The predicted molar refractivity (Wildman–Crippen MR) is 99.2 cm³/mol. The van der Waals surface area contributed by atoms with Crippen molar-refractivity contribution in [3.63, 3.8) is 0 Å². The number of hydrogen-bond acceptors (Lipinski definition) is 3. The molecule has 27 heavy (non-hydrogen) atoms. The van der Waals surface area contributed by atoms with Gasteiger partial charge in [0.25, 0.3) is 0 Å². The lowest BCUT2D eigenvalue weighted by atomic mass is 9.92. The van der Waals surface area contributed by atoms with Crippen molar-refractivity contribution in [3.8, 4) is 5.75 Å². The third kappa shape index (κ3) is 4.25. The lowest BCUT2D eigenvalue weighted by Crippen LogP contribution is -2.44. The Morgan fingerprint density at radius 2 is 1.96 bits per heavy atom. The molecule has 1 aliphatic carbocycles. The first kappa shape index (κ1) is 19.6. The van der Waals surface area contributed by atoms with Crippen LogP contribution >= 0.6 is 0 Å². The molecule has 1 amide bonds. The number of amides is 1. The first-order valence-electron chi connectivity index (χ1n) is 9.74. The van der Waals surface area contributed by atoms with Crippen molar-refractivity contribution in [1.82, 2.24) is 4.90 Å². The number of carboxylic acids is 1. The number of rotatable bonds is 6. The Balaban J connectivity index is 1.60. The zero-order valence-corrected chi connectivity index (χ0v) is 16.0. The summed E-state index contributed by atoms with van der Waals surface area (Å²) in [5.41, 5.74) is -0.465. The number of nitrogens with zero attached hydrogens (tertiary/aromatic N) is 1. The summed E-state index contributed by atoms with van der Waals surface area (Å²) >= 11 is 0. The second kappa shape index (κ2) is 7.87. The molecule has 1 aromatic carbocycles. The lowest BCUT2D eigenvalue weighted by Gasteiger charge is -2.25. The van der Waals surface area contributed by atoms with Gasteiger partial charge in [-0.25, -0.2) is 4.39 Å². The van der Waals surface area contributed by atoms with E-state index in [2.05, 4.69) is 0 Å². The number of carboxylic acid groups (broad SMARTS) is 1. The van der Waals surface area contributed by atoms with Crippen LogP contribution < -0.4 is 4.74 Å². The Labute approximate surface area is 159 Å². The van der Waals surface area contributed by atoms with Gasteiger partial charge in [0.15, 0.2) is 0 Å². The molecule has 1 unspecified atom stereocenters. The molecule has 0 radical (unpaired) electrons. The van der Waals surface area contributed by atoms with Gasteiger partial charge in [0.1, 0.15) is 17.0 Å². The van der Waals surface area contributed by atoms with Crippen molar-refractivity contribution in [2.75, 3.05) is 19.7 Å². The van der Waals surface area contributed by atoms with Crippen LogP contribution in [0.1, 0.15) is 57.4 Å². The lowest BCUT2D eigenvalue weighted by molar-refractivity contribution is -0.157. The summed E-state index contributed by atoms with van der Waals surface area (Å²) < 4.78 is 19.7. The molecule has 0 bridgehead atoms. The largest absolute Gasteiger partial charge is 0.493 e. The van der Waals surface area contributed by atoms with Gasteiger partial charge in [0.2, 0.25) is 5.91 Å². The zero-order valence-electron chi connectivity index (χ0n) is 16.0. The third-order valence-corrected chi connectivity index (χ3v) is 5.88. The molecule has 3 rings (SSSR count). The monoisotopic (exact) mass is 377 g/mol. The fourth-order valence-electron chi connectivity index (χ4n) is 4.05. The van der Waals surface area contributed by atoms with Crippen LogP contribution in [-0.2, 0) is 9.59 Å². The molecule has 148 valence electrons. The average molecular weight is 377 g/mol. The highest BCUT2D eigenvalue weighted by molar-refractivity contribution is 6.01. The van der Waals surface area contributed by atoms with Crippen molar-refractivity contribution < 1.29 is 23.8 Å². The van der Waals surface area contributed by atoms with Crippen molar-refractivity contribution in [3.05, 3.63) is 29.6 Å². The topological polar surface area (TPSA) is 66.8 Å².